The SMILES string of the molecule is CCCNCc1ccc(S(=O)(=O)NCC2CCCS2)s1. The number of rotatable bonds is 8. The lowest BCUT2D eigenvalue weighted by molar-refractivity contribution is 0.581. The summed E-state index contributed by atoms with van der Waals surface area (Å²) in [5, 5.41) is 3.72. The minimum absolute atomic E-state index is 0.425. The summed E-state index contributed by atoms with van der Waals surface area (Å²) in [6.45, 7) is 4.36. The molecule has 2 rings (SSSR count). The Morgan fingerprint density at radius 1 is 1.40 bits per heavy atom. The van der Waals surface area contributed by atoms with Gasteiger partial charge in [0.1, 0.15) is 4.21 Å². The first-order chi connectivity index (χ1) is 9.62. The highest BCUT2D eigenvalue weighted by Gasteiger charge is 2.21. The first-order valence-corrected chi connectivity index (χ1v) is 10.4. The summed E-state index contributed by atoms with van der Waals surface area (Å²) in [5.74, 6) is 1.15. The van der Waals surface area contributed by atoms with Crippen LogP contribution in [0.5, 0.6) is 0 Å². The summed E-state index contributed by atoms with van der Waals surface area (Å²) >= 11 is 3.22. The summed E-state index contributed by atoms with van der Waals surface area (Å²) in [6.07, 6.45) is 3.39. The Labute approximate surface area is 129 Å². The van der Waals surface area contributed by atoms with Gasteiger partial charge in [-0.3, -0.25) is 0 Å². The molecule has 2 heterocycles. The summed E-state index contributed by atoms with van der Waals surface area (Å²) in [7, 11) is -3.33. The Morgan fingerprint density at radius 3 is 2.95 bits per heavy atom. The highest BCUT2D eigenvalue weighted by molar-refractivity contribution is 8.00. The van der Waals surface area contributed by atoms with E-state index in [0.717, 1.165) is 36.6 Å². The second-order valence-electron chi connectivity index (χ2n) is 4.88. The van der Waals surface area contributed by atoms with Gasteiger partial charge in [0.15, 0.2) is 0 Å². The predicted octanol–water partition coefficient (Wildman–Crippen LogP) is 2.42. The smallest absolute Gasteiger partial charge is 0.250 e. The van der Waals surface area contributed by atoms with Crippen LogP contribution in [0.25, 0.3) is 0 Å². The third kappa shape index (κ3) is 4.73. The van der Waals surface area contributed by atoms with Crippen LogP contribution in [0.1, 0.15) is 31.1 Å². The number of hydrogen-bond acceptors (Lipinski definition) is 5. The zero-order chi connectivity index (χ0) is 14.4. The molecule has 1 atom stereocenters. The van der Waals surface area contributed by atoms with Gasteiger partial charge in [0.25, 0.3) is 0 Å². The Balaban J connectivity index is 1.88. The maximum atomic E-state index is 12.2. The van der Waals surface area contributed by atoms with Crippen molar-refractivity contribution in [3.8, 4) is 0 Å². The van der Waals surface area contributed by atoms with E-state index in [2.05, 4.69) is 17.0 Å². The van der Waals surface area contributed by atoms with Gasteiger partial charge in [-0.1, -0.05) is 6.92 Å². The van der Waals surface area contributed by atoms with Crippen LogP contribution in [-0.4, -0.2) is 32.5 Å². The third-order valence-corrected chi connectivity index (χ3v) is 7.55. The molecule has 0 bridgehead atoms. The van der Waals surface area contributed by atoms with Crippen LogP contribution in [0.3, 0.4) is 0 Å². The van der Waals surface area contributed by atoms with Crippen LogP contribution < -0.4 is 10.0 Å². The van der Waals surface area contributed by atoms with Crippen molar-refractivity contribution in [2.45, 2.75) is 42.2 Å². The molecule has 0 aromatic carbocycles. The molecule has 7 heteroatoms. The zero-order valence-electron chi connectivity index (χ0n) is 11.7. The van der Waals surface area contributed by atoms with Gasteiger partial charge in [0, 0.05) is 23.2 Å². The Hall–Kier alpha value is -0.0800. The fourth-order valence-corrected chi connectivity index (χ4v) is 5.82. The Bertz CT molecular complexity index is 507. The van der Waals surface area contributed by atoms with Crippen molar-refractivity contribution in [1.82, 2.24) is 10.0 Å². The minimum Gasteiger partial charge on any atom is -0.312 e. The van der Waals surface area contributed by atoms with Gasteiger partial charge in [0.2, 0.25) is 10.0 Å². The van der Waals surface area contributed by atoms with Crippen molar-refractivity contribution in [2.75, 3.05) is 18.8 Å². The van der Waals surface area contributed by atoms with Crippen molar-refractivity contribution in [3.05, 3.63) is 17.0 Å². The van der Waals surface area contributed by atoms with E-state index in [9.17, 15) is 8.42 Å². The van der Waals surface area contributed by atoms with Gasteiger partial charge < -0.3 is 5.32 Å². The molecule has 1 aromatic rings. The molecule has 4 nitrogen and oxygen atoms in total. The molecule has 1 aromatic heterocycles. The summed E-state index contributed by atoms with van der Waals surface area (Å²) in [5.41, 5.74) is 0. The highest BCUT2D eigenvalue weighted by Crippen LogP contribution is 2.26. The number of hydrogen-bond donors (Lipinski definition) is 2. The van der Waals surface area contributed by atoms with Gasteiger partial charge in [-0.15, -0.1) is 11.3 Å². The highest BCUT2D eigenvalue weighted by atomic mass is 32.2. The second-order valence-corrected chi connectivity index (χ2v) is 9.45. The van der Waals surface area contributed by atoms with E-state index in [-0.39, 0.29) is 0 Å². The van der Waals surface area contributed by atoms with Crippen LogP contribution in [0.15, 0.2) is 16.3 Å². The van der Waals surface area contributed by atoms with E-state index in [1.165, 1.54) is 17.8 Å². The van der Waals surface area contributed by atoms with E-state index < -0.39 is 10.0 Å². The number of sulfonamides is 1. The van der Waals surface area contributed by atoms with Gasteiger partial charge in [-0.2, -0.15) is 11.8 Å². The molecule has 1 fully saturated rings. The number of thiophene rings is 1. The molecular formula is C13H22N2O2S3. The van der Waals surface area contributed by atoms with Gasteiger partial charge in [-0.05, 0) is 43.7 Å². The molecule has 0 radical (unpaired) electrons. The second kappa shape index (κ2) is 7.79. The van der Waals surface area contributed by atoms with Crippen LogP contribution in [0, 0.1) is 0 Å². The van der Waals surface area contributed by atoms with E-state index in [0.29, 0.717) is 16.0 Å². The van der Waals surface area contributed by atoms with Crippen molar-refractivity contribution in [2.24, 2.45) is 0 Å². The van der Waals surface area contributed by atoms with Gasteiger partial charge >= 0.3 is 0 Å². The topological polar surface area (TPSA) is 58.2 Å². The van der Waals surface area contributed by atoms with Crippen molar-refractivity contribution in [1.29, 1.82) is 0 Å². The predicted molar refractivity (Wildman–Crippen MR) is 87.0 cm³/mol. The Morgan fingerprint density at radius 2 is 2.25 bits per heavy atom. The first-order valence-electron chi connectivity index (χ1n) is 7.02. The molecule has 0 amide bonds. The summed E-state index contributed by atoms with van der Waals surface area (Å²) in [4.78, 5) is 1.06. The first kappa shape index (κ1) is 16.3. The molecule has 0 aliphatic carbocycles. The van der Waals surface area contributed by atoms with Gasteiger partial charge in [-0.25, -0.2) is 13.1 Å². The molecule has 1 aliphatic rings. The fraction of sp³-hybridized carbons (Fsp3) is 0.692. The summed E-state index contributed by atoms with van der Waals surface area (Å²) < 4.78 is 27.6. The van der Waals surface area contributed by atoms with E-state index in [1.54, 1.807) is 6.07 Å². The largest absolute Gasteiger partial charge is 0.312 e. The average Bonchev–Trinajstić information content (AvgIpc) is 3.08. The maximum absolute atomic E-state index is 12.2. The van der Waals surface area contributed by atoms with Crippen molar-refractivity contribution in [3.63, 3.8) is 0 Å². The lowest BCUT2D eigenvalue weighted by Gasteiger charge is -2.09. The molecule has 114 valence electrons. The average molecular weight is 335 g/mol. The van der Waals surface area contributed by atoms with E-state index in [1.807, 2.05) is 17.8 Å². The van der Waals surface area contributed by atoms with Crippen molar-refractivity contribution < 1.29 is 8.42 Å². The normalized spacial score (nSPS) is 19.6. The third-order valence-electron chi connectivity index (χ3n) is 3.15. The van der Waals surface area contributed by atoms with Crippen LogP contribution in [0.2, 0.25) is 0 Å². The van der Waals surface area contributed by atoms with Crippen LogP contribution in [0.4, 0.5) is 0 Å². The molecule has 2 N–H and O–H groups in total. The van der Waals surface area contributed by atoms with E-state index >= 15 is 0 Å². The van der Waals surface area contributed by atoms with Crippen LogP contribution >= 0.6 is 23.1 Å². The molecule has 1 saturated heterocycles. The molecule has 0 spiro atoms. The zero-order valence-corrected chi connectivity index (χ0v) is 14.2. The number of nitrogens with one attached hydrogen (secondary N) is 2. The maximum Gasteiger partial charge on any atom is 0.250 e. The lowest BCUT2D eigenvalue weighted by Crippen LogP contribution is -2.29. The Kier molecular flexibility index (Phi) is 6.35. The minimum atomic E-state index is -3.33. The lowest BCUT2D eigenvalue weighted by atomic mass is 10.2. The van der Waals surface area contributed by atoms with E-state index in [4.69, 9.17) is 0 Å². The fourth-order valence-electron chi connectivity index (χ4n) is 2.07. The monoisotopic (exact) mass is 334 g/mol. The number of thioether (sulfide) groups is 1. The molecule has 0 saturated carbocycles. The molecule has 1 unspecified atom stereocenters. The molecule has 20 heavy (non-hydrogen) atoms. The molecular weight excluding hydrogens is 312 g/mol. The molecule has 1 aliphatic heterocycles. The van der Waals surface area contributed by atoms with Crippen molar-refractivity contribution >= 4 is 33.1 Å². The van der Waals surface area contributed by atoms with Gasteiger partial charge in [0.05, 0.1) is 0 Å². The quantitative estimate of drug-likeness (QED) is 0.717. The summed E-state index contributed by atoms with van der Waals surface area (Å²) in [6, 6.07) is 3.60. The standard InChI is InChI=1S/C13H22N2O2S3/c1-2-7-14-9-12-5-6-13(19-12)20(16,17)15-10-11-4-3-8-18-11/h5-6,11,14-15H,2-4,7-10H2,1H3. The van der Waals surface area contributed by atoms with Crippen LogP contribution in [-0.2, 0) is 16.6 Å².